The fourth-order valence-electron chi connectivity index (χ4n) is 3.46. The maximum Gasteiger partial charge on any atom is 0.0159 e. The van der Waals surface area contributed by atoms with Crippen molar-refractivity contribution in [3.63, 3.8) is 0 Å². The molecule has 1 heteroatoms. The largest absolute Gasteiger partial charge is 0.311 e. The second-order valence-electron chi connectivity index (χ2n) is 5.79. The van der Waals surface area contributed by atoms with E-state index in [0.29, 0.717) is 11.0 Å². The average Bonchev–Trinajstić information content (AvgIpc) is 2.60. The average molecular weight is 181 g/mol. The Bertz CT molecular complexity index is 154. The van der Waals surface area contributed by atoms with Crippen molar-refractivity contribution in [1.29, 1.82) is 0 Å². The topological polar surface area (TPSA) is 12.0 Å². The standard InChI is InChI=1S/C12H23N/c1-11(6-3-4-7-11)10-12(2)8-5-9-13-12/h13H,3-10H2,1-2H3. The molecular weight excluding hydrogens is 158 g/mol. The van der Waals surface area contributed by atoms with Gasteiger partial charge >= 0.3 is 0 Å². The lowest BCUT2D eigenvalue weighted by atomic mass is 9.76. The van der Waals surface area contributed by atoms with Gasteiger partial charge in [0.25, 0.3) is 0 Å². The molecular formula is C12H23N. The van der Waals surface area contributed by atoms with Crippen molar-refractivity contribution in [3.05, 3.63) is 0 Å². The number of nitrogens with one attached hydrogen (secondary N) is 1. The smallest absolute Gasteiger partial charge is 0.0159 e. The van der Waals surface area contributed by atoms with Gasteiger partial charge < -0.3 is 5.32 Å². The zero-order valence-electron chi connectivity index (χ0n) is 9.16. The summed E-state index contributed by atoms with van der Waals surface area (Å²) in [6, 6.07) is 0. The van der Waals surface area contributed by atoms with Gasteiger partial charge in [0.1, 0.15) is 0 Å². The van der Waals surface area contributed by atoms with Crippen molar-refractivity contribution in [2.45, 2.75) is 64.3 Å². The second-order valence-corrected chi connectivity index (χ2v) is 5.79. The molecule has 0 radical (unpaired) electrons. The molecule has 0 aromatic carbocycles. The van der Waals surface area contributed by atoms with Crippen molar-refractivity contribution in [1.82, 2.24) is 5.32 Å². The van der Waals surface area contributed by atoms with Crippen molar-refractivity contribution in [2.24, 2.45) is 5.41 Å². The first kappa shape index (κ1) is 9.51. The summed E-state index contributed by atoms with van der Waals surface area (Å²) in [5.41, 5.74) is 1.13. The first-order valence-electron chi connectivity index (χ1n) is 5.87. The molecule has 1 heterocycles. The van der Waals surface area contributed by atoms with E-state index in [9.17, 15) is 0 Å². The fourth-order valence-corrected chi connectivity index (χ4v) is 3.46. The number of hydrogen-bond donors (Lipinski definition) is 1. The molecule has 76 valence electrons. The van der Waals surface area contributed by atoms with Crippen LogP contribution in [0.4, 0.5) is 0 Å². The summed E-state index contributed by atoms with van der Waals surface area (Å²) < 4.78 is 0. The van der Waals surface area contributed by atoms with Crippen molar-refractivity contribution in [3.8, 4) is 0 Å². The molecule has 0 aromatic heterocycles. The summed E-state index contributed by atoms with van der Waals surface area (Å²) in [7, 11) is 0. The minimum absolute atomic E-state index is 0.471. The summed E-state index contributed by atoms with van der Waals surface area (Å²) in [5, 5.41) is 3.69. The number of rotatable bonds is 2. The van der Waals surface area contributed by atoms with E-state index in [-0.39, 0.29) is 0 Å². The zero-order valence-corrected chi connectivity index (χ0v) is 9.16. The molecule has 1 atom stereocenters. The third-order valence-electron chi connectivity index (χ3n) is 4.08. The first-order chi connectivity index (χ1) is 6.12. The van der Waals surface area contributed by atoms with Crippen LogP contribution in [-0.2, 0) is 0 Å². The Kier molecular flexibility index (Phi) is 2.39. The Hall–Kier alpha value is -0.0400. The van der Waals surface area contributed by atoms with Crippen LogP contribution in [-0.4, -0.2) is 12.1 Å². The third-order valence-corrected chi connectivity index (χ3v) is 4.08. The third kappa shape index (κ3) is 2.07. The fraction of sp³-hybridized carbons (Fsp3) is 1.00. The highest BCUT2D eigenvalue weighted by atomic mass is 15.0. The summed E-state index contributed by atoms with van der Waals surface area (Å²) in [6.45, 7) is 6.15. The van der Waals surface area contributed by atoms with Crippen LogP contribution in [0.25, 0.3) is 0 Å². The van der Waals surface area contributed by atoms with Gasteiger partial charge in [-0.3, -0.25) is 0 Å². The van der Waals surface area contributed by atoms with Crippen molar-refractivity contribution in [2.75, 3.05) is 6.54 Å². The molecule has 0 amide bonds. The summed E-state index contributed by atoms with van der Waals surface area (Å²) >= 11 is 0. The van der Waals surface area contributed by atoms with E-state index in [1.54, 1.807) is 0 Å². The van der Waals surface area contributed by atoms with Gasteiger partial charge in [-0.2, -0.15) is 0 Å². The van der Waals surface area contributed by atoms with Crippen molar-refractivity contribution < 1.29 is 0 Å². The van der Waals surface area contributed by atoms with Crippen LogP contribution in [0.15, 0.2) is 0 Å². The van der Waals surface area contributed by atoms with Gasteiger partial charge in [0, 0.05) is 5.54 Å². The van der Waals surface area contributed by atoms with E-state index in [1.165, 1.54) is 51.5 Å². The van der Waals surface area contributed by atoms with E-state index in [1.807, 2.05) is 0 Å². The lowest BCUT2D eigenvalue weighted by molar-refractivity contribution is 0.212. The Balaban J connectivity index is 1.95. The normalized spacial score (nSPS) is 38.3. The quantitative estimate of drug-likeness (QED) is 0.690. The maximum atomic E-state index is 3.69. The predicted octanol–water partition coefficient (Wildman–Crippen LogP) is 3.10. The van der Waals surface area contributed by atoms with E-state index in [2.05, 4.69) is 19.2 Å². The van der Waals surface area contributed by atoms with Crippen LogP contribution >= 0.6 is 0 Å². The molecule has 1 saturated heterocycles. The van der Waals surface area contributed by atoms with E-state index >= 15 is 0 Å². The monoisotopic (exact) mass is 181 g/mol. The summed E-state index contributed by atoms with van der Waals surface area (Å²) in [5.74, 6) is 0. The van der Waals surface area contributed by atoms with Gasteiger partial charge in [0.15, 0.2) is 0 Å². The zero-order chi connectivity index (χ0) is 9.36. The van der Waals surface area contributed by atoms with Gasteiger partial charge in [-0.25, -0.2) is 0 Å². The molecule has 2 aliphatic rings. The molecule has 1 nitrogen and oxygen atoms in total. The Labute approximate surface area is 82.3 Å². The van der Waals surface area contributed by atoms with E-state index in [4.69, 9.17) is 0 Å². The SMILES string of the molecule is CC1(CC2(C)CCCN2)CCCC1. The van der Waals surface area contributed by atoms with E-state index < -0.39 is 0 Å². The van der Waals surface area contributed by atoms with Crippen LogP contribution < -0.4 is 5.32 Å². The van der Waals surface area contributed by atoms with E-state index in [0.717, 1.165) is 0 Å². The van der Waals surface area contributed by atoms with Gasteiger partial charge in [-0.1, -0.05) is 19.8 Å². The highest BCUT2D eigenvalue weighted by Crippen LogP contribution is 2.45. The first-order valence-corrected chi connectivity index (χ1v) is 5.87. The van der Waals surface area contributed by atoms with Gasteiger partial charge in [0.05, 0.1) is 0 Å². The Morgan fingerprint density at radius 1 is 1.00 bits per heavy atom. The van der Waals surface area contributed by atoms with Gasteiger partial charge in [0.2, 0.25) is 0 Å². The minimum Gasteiger partial charge on any atom is -0.311 e. The second kappa shape index (κ2) is 3.27. The maximum absolute atomic E-state index is 3.69. The molecule has 0 aromatic rings. The highest BCUT2D eigenvalue weighted by Gasteiger charge is 2.38. The van der Waals surface area contributed by atoms with Gasteiger partial charge in [-0.05, 0) is 51.0 Å². The molecule has 1 unspecified atom stereocenters. The van der Waals surface area contributed by atoms with Crippen molar-refractivity contribution >= 4 is 0 Å². The molecule has 1 aliphatic heterocycles. The molecule has 2 fully saturated rings. The minimum atomic E-state index is 0.471. The summed E-state index contributed by atoms with van der Waals surface area (Å²) in [6.07, 6.45) is 10.0. The molecule has 0 spiro atoms. The molecule has 1 aliphatic carbocycles. The molecule has 0 bridgehead atoms. The number of hydrogen-bond acceptors (Lipinski definition) is 1. The lowest BCUT2D eigenvalue weighted by Gasteiger charge is -2.34. The summed E-state index contributed by atoms with van der Waals surface area (Å²) in [4.78, 5) is 0. The Morgan fingerprint density at radius 2 is 1.69 bits per heavy atom. The van der Waals surface area contributed by atoms with Crippen LogP contribution in [0, 0.1) is 5.41 Å². The Morgan fingerprint density at radius 3 is 2.23 bits per heavy atom. The lowest BCUT2D eigenvalue weighted by Crippen LogP contribution is -2.40. The van der Waals surface area contributed by atoms with Crippen LogP contribution in [0.2, 0.25) is 0 Å². The van der Waals surface area contributed by atoms with Crippen LogP contribution in [0.1, 0.15) is 58.8 Å². The van der Waals surface area contributed by atoms with Gasteiger partial charge in [-0.15, -0.1) is 0 Å². The van der Waals surface area contributed by atoms with Crippen LogP contribution in [0.3, 0.4) is 0 Å². The molecule has 2 rings (SSSR count). The molecule has 1 saturated carbocycles. The molecule has 1 N–H and O–H groups in total. The highest BCUT2D eigenvalue weighted by molar-refractivity contribution is 4.95. The predicted molar refractivity (Wildman–Crippen MR) is 56.8 cm³/mol. The van der Waals surface area contributed by atoms with Crippen LogP contribution in [0.5, 0.6) is 0 Å². The molecule has 13 heavy (non-hydrogen) atoms.